The van der Waals surface area contributed by atoms with Gasteiger partial charge in [-0.15, -0.1) is 0 Å². The zero-order chi connectivity index (χ0) is 19.3. The summed E-state index contributed by atoms with van der Waals surface area (Å²) in [4.78, 5) is 26.5. The van der Waals surface area contributed by atoms with Crippen molar-refractivity contribution in [2.75, 3.05) is 6.61 Å². The van der Waals surface area contributed by atoms with Gasteiger partial charge in [0.2, 0.25) is 0 Å². The summed E-state index contributed by atoms with van der Waals surface area (Å²) < 4.78 is 6.36. The molecular formula is C17H16BrN3O5. The van der Waals surface area contributed by atoms with Gasteiger partial charge in [0.15, 0.2) is 12.4 Å². The van der Waals surface area contributed by atoms with Crippen molar-refractivity contribution in [1.82, 2.24) is 0 Å². The zero-order valence-electron chi connectivity index (χ0n) is 14.1. The van der Waals surface area contributed by atoms with Crippen LogP contribution in [0.4, 0.5) is 5.69 Å². The van der Waals surface area contributed by atoms with Crippen LogP contribution in [0.1, 0.15) is 16.7 Å². The Morgan fingerprint density at radius 3 is 2.35 bits per heavy atom. The molecule has 8 nitrogen and oxygen atoms in total. The number of ether oxygens (including phenoxy) is 1. The third-order valence-electron chi connectivity index (χ3n) is 3.39. The van der Waals surface area contributed by atoms with Crippen LogP contribution in [0, 0.1) is 24.0 Å². The fourth-order valence-corrected chi connectivity index (χ4v) is 2.29. The van der Waals surface area contributed by atoms with E-state index in [1.54, 1.807) is 12.1 Å². The highest BCUT2D eigenvalue weighted by molar-refractivity contribution is 9.10. The summed E-state index contributed by atoms with van der Waals surface area (Å²) in [6.45, 7) is 3.49. The SMILES string of the molecule is Cc1cc(OCC(=O)ON=C(N)c2ccc([N+](=O)[O-])cc2)cc(C)c1Br. The molecule has 136 valence electrons. The molecule has 2 rings (SSSR count). The van der Waals surface area contributed by atoms with Gasteiger partial charge in [-0.3, -0.25) is 10.1 Å². The maximum atomic E-state index is 11.7. The van der Waals surface area contributed by atoms with Crippen LogP contribution in [0.25, 0.3) is 0 Å². The van der Waals surface area contributed by atoms with Gasteiger partial charge in [0.1, 0.15) is 5.75 Å². The van der Waals surface area contributed by atoms with E-state index in [1.807, 2.05) is 13.8 Å². The Hall–Kier alpha value is -2.94. The molecule has 0 aromatic heterocycles. The number of carbonyl (C=O) groups excluding carboxylic acids is 1. The minimum Gasteiger partial charge on any atom is -0.482 e. The van der Waals surface area contributed by atoms with Gasteiger partial charge in [-0.1, -0.05) is 21.1 Å². The van der Waals surface area contributed by atoms with Crippen LogP contribution in [0.5, 0.6) is 5.75 Å². The molecule has 0 bridgehead atoms. The van der Waals surface area contributed by atoms with Gasteiger partial charge in [0, 0.05) is 22.2 Å². The van der Waals surface area contributed by atoms with Crippen molar-refractivity contribution in [2.45, 2.75) is 13.8 Å². The maximum absolute atomic E-state index is 11.7. The van der Waals surface area contributed by atoms with Crippen molar-refractivity contribution in [3.05, 3.63) is 67.7 Å². The van der Waals surface area contributed by atoms with E-state index in [0.717, 1.165) is 15.6 Å². The van der Waals surface area contributed by atoms with E-state index >= 15 is 0 Å². The minimum absolute atomic E-state index is 0.0768. The van der Waals surface area contributed by atoms with E-state index in [4.69, 9.17) is 15.3 Å². The van der Waals surface area contributed by atoms with Crippen molar-refractivity contribution >= 4 is 33.4 Å². The lowest BCUT2D eigenvalue weighted by molar-refractivity contribution is -0.384. The number of non-ortho nitro benzene ring substituents is 1. The Morgan fingerprint density at radius 2 is 1.81 bits per heavy atom. The first kappa shape index (κ1) is 19.4. The molecule has 2 aromatic carbocycles. The second-order valence-corrected chi connectivity index (χ2v) is 6.20. The second-order valence-electron chi connectivity index (χ2n) is 5.40. The monoisotopic (exact) mass is 421 g/mol. The molecule has 0 fully saturated rings. The van der Waals surface area contributed by atoms with E-state index in [0.29, 0.717) is 11.3 Å². The average Bonchev–Trinajstić information content (AvgIpc) is 2.62. The smallest absolute Gasteiger partial charge is 0.372 e. The molecule has 0 unspecified atom stereocenters. The molecule has 2 N–H and O–H groups in total. The van der Waals surface area contributed by atoms with Gasteiger partial charge in [0.25, 0.3) is 5.69 Å². The molecule has 0 aliphatic heterocycles. The number of benzene rings is 2. The molecule has 0 aliphatic rings. The Balaban J connectivity index is 1.93. The topological polar surface area (TPSA) is 117 Å². The van der Waals surface area contributed by atoms with Crippen LogP contribution < -0.4 is 10.5 Å². The quantitative estimate of drug-likeness (QED) is 0.251. The van der Waals surface area contributed by atoms with Crippen molar-refractivity contribution in [2.24, 2.45) is 10.9 Å². The summed E-state index contributed by atoms with van der Waals surface area (Å²) in [7, 11) is 0. The molecule has 2 aromatic rings. The van der Waals surface area contributed by atoms with Crippen LogP contribution in [-0.2, 0) is 9.63 Å². The summed E-state index contributed by atoms with van der Waals surface area (Å²) in [6.07, 6.45) is 0. The van der Waals surface area contributed by atoms with E-state index < -0.39 is 10.9 Å². The van der Waals surface area contributed by atoms with Gasteiger partial charge in [-0.25, -0.2) is 4.79 Å². The second kappa shape index (κ2) is 8.43. The molecular weight excluding hydrogens is 406 g/mol. The highest BCUT2D eigenvalue weighted by Gasteiger charge is 2.09. The highest BCUT2D eigenvalue weighted by Crippen LogP contribution is 2.26. The van der Waals surface area contributed by atoms with Gasteiger partial charge < -0.3 is 15.3 Å². The molecule has 0 amide bonds. The zero-order valence-corrected chi connectivity index (χ0v) is 15.6. The minimum atomic E-state index is -0.729. The number of nitrogens with zero attached hydrogens (tertiary/aromatic N) is 2. The Kier molecular flexibility index (Phi) is 6.29. The van der Waals surface area contributed by atoms with Crippen LogP contribution in [0.15, 0.2) is 46.0 Å². The Morgan fingerprint density at radius 1 is 1.23 bits per heavy atom. The number of halogens is 1. The van der Waals surface area contributed by atoms with Crippen LogP contribution >= 0.6 is 15.9 Å². The number of hydrogen-bond donors (Lipinski definition) is 1. The number of hydrogen-bond acceptors (Lipinski definition) is 6. The third-order valence-corrected chi connectivity index (χ3v) is 4.64. The third kappa shape index (κ3) is 5.03. The molecule has 0 radical (unpaired) electrons. The highest BCUT2D eigenvalue weighted by atomic mass is 79.9. The maximum Gasteiger partial charge on any atom is 0.372 e. The molecule has 0 spiro atoms. The Bertz CT molecular complexity index is 842. The number of nitrogens with two attached hydrogens (primary N) is 1. The first-order valence-corrected chi connectivity index (χ1v) is 8.25. The average molecular weight is 422 g/mol. The summed E-state index contributed by atoms with van der Waals surface area (Å²) in [6, 6.07) is 8.96. The summed E-state index contributed by atoms with van der Waals surface area (Å²) in [5.41, 5.74) is 7.97. The van der Waals surface area contributed by atoms with Crippen LogP contribution in [0.2, 0.25) is 0 Å². The normalized spacial score (nSPS) is 11.1. The van der Waals surface area contributed by atoms with Crippen molar-refractivity contribution < 1.29 is 19.3 Å². The number of nitro benzene ring substituents is 1. The number of nitro groups is 1. The van der Waals surface area contributed by atoms with E-state index in [1.165, 1.54) is 24.3 Å². The lowest BCUT2D eigenvalue weighted by atomic mass is 10.1. The van der Waals surface area contributed by atoms with E-state index in [9.17, 15) is 14.9 Å². The molecule has 26 heavy (non-hydrogen) atoms. The first-order chi connectivity index (χ1) is 12.3. The number of amidine groups is 1. The lowest BCUT2D eigenvalue weighted by Gasteiger charge is -2.09. The van der Waals surface area contributed by atoms with Gasteiger partial charge in [0.05, 0.1) is 4.92 Å². The number of carbonyl (C=O) groups is 1. The number of rotatable bonds is 6. The standard InChI is InChI=1S/C17H16BrN3O5/c1-10-7-14(8-11(2)16(10)18)25-9-15(22)26-20-17(19)12-3-5-13(6-4-12)21(23)24/h3-8H,9H2,1-2H3,(H2,19,20). The predicted octanol–water partition coefficient (Wildman–Crippen LogP) is 3.22. The molecule has 0 heterocycles. The van der Waals surface area contributed by atoms with Gasteiger partial charge in [-0.05, 0) is 49.2 Å². The summed E-state index contributed by atoms with van der Waals surface area (Å²) in [5.74, 6) is -0.274. The van der Waals surface area contributed by atoms with E-state index in [-0.39, 0.29) is 18.1 Å². The molecule has 0 aliphatic carbocycles. The van der Waals surface area contributed by atoms with Crippen molar-refractivity contribution in [3.8, 4) is 5.75 Å². The summed E-state index contributed by atoms with van der Waals surface area (Å²) >= 11 is 3.45. The fraction of sp³-hybridized carbons (Fsp3) is 0.176. The molecule has 0 atom stereocenters. The molecule has 9 heteroatoms. The van der Waals surface area contributed by atoms with Crippen LogP contribution in [-0.4, -0.2) is 23.3 Å². The number of oxime groups is 1. The predicted molar refractivity (Wildman–Crippen MR) is 99.0 cm³/mol. The van der Waals surface area contributed by atoms with Gasteiger partial charge >= 0.3 is 5.97 Å². The largest absolute Gasteiger partial charge is 0.482 e. The lowest BCUT2D eigenvalue weighted by Crippen LogP contribution is -2.18. The Labute approximate surface area is 157 Å². The first-order valence-electron chi connectivity index (χ1n) is 7.45. The molecule has 0 saturated carbocycles. The van der Waals surface area contributed by atoms with Crippen molar-refractivity contribution in [1.29, 1.82) is 0 Å². The van der Waals surface area contributed by atoms with Crippen LogP contribution in [0.3, 0.4) is 0 Å². The molecule has 0 saturated heterocycles. The summed E-state index contributed by atoms with van der Waals surface area (Å²) in [5, 5.41) is 14.1. The van der Waals surface area contributed by atoms with Crippen molar-refractivity contribution in [3.63, 3.8) is 0 Å². The van der Waals surface area contributed by atoms with Gasteiger partial charge in [-0.2, -0.15) is 0 Å². The fourth-order valence-electron chi connectivity index (χ4n) is 2.06. The van der Waals surface area contributed by atoms with E-state index in [2.05, 4.69) is 21.1 Å². The number of aryl methyl sites for hydroxylation is 2.